The van der Waals surface area contributed by atoms with Gasteiger partial charge in [-0.05, 0) is 122 Å². The fourth-order valence-corrected chi connectivity index (χ4v) is 10.1. The Morgan fingerprint density at radius 3 is 1.69 bits per heavy atom. The molecule has 0 bridgehead atoms. The Morgan fingerprint density at radius 2 is 1.14 bits per heavy atom. The summed E-state index contributed by atoms with van der Waals surface area (Å²) in [6.07, 6.45) is -2.09. The van der Waals surface area contributed by atoms with Crippen LogP contribution >= 0.6 is 0 Å². The fraction of sp³-hybridized carbons (Fsp3) is 0.717. The van der Waals surface area contributed by atoms with Crippen molar-refractivity contribution in [3.05, 3.63) is 35.9 Å². The van der Waals surface area contributed by atoms with Crippen molar-refractivity contribution < 1.29 is 63.0 Å². The Morgan fingerprint density at radius 1 is 0.612 bits per heavy atom. The van der Waals surface area contributed by atoms with Crippen LogP contribution in [0.3, 0.4) is 0 Å². The van der Waals surface area contributed by atoms with E-state index in [4.69, 9.17) is 28.7 Å². The summed E-state index contributed by atoms with van der Waals surface area (Å²) in [6.45, 7) is 9.69. The zero-order valence-electron chi connectivity index (χ0n) is 51.0. The number of nitrogens with two attached hydrogens (primary N) is 5. The molecule has 85 heavy (non-hydrogen) atoms. The van der Waals surface area contributed by atoms with Gasteiger partial charge in [-0.3, -0.25) is 52.7 Å². The summed E-state index contributed by atoms with van der Waals surface area (Å²) in [4.78, 5) is 155. The molecule has 1 aliphatic rings. The van der Waals surface area contributed by atoms with Crippen LogP contribution in [0, 0.1) is 35.5 Å². The molecule has 0 saturated carbocycles. The second kappa shape index (κ2) is 40.3. The van der Waals surface area contributed by atoms with E-state index in [0.29, 0.717) is 17.9 Å². The van der Waals surface area contributed by atoms with Crippen LogP contribution in [-0.4, -0.2) is 162 Å². The molecule has 25 heteroatoms. The summed E-state index contributed by atoms with van der Waals surface area (Å²) >= 11 is 0. The van der Waals surface area contributed by atoms with Crippen molar-refractivity contribution in [2.45, 2.75) is 199 Å². The number of ketones is 4. The maximum absolute atomic E-state index is 14.7. The van der Waals surface area contributed by atoms with Gasteiger partial charge in [0.2, 0.25) is 41.4 Å². The summed E-state index contributed by atoms with van der Waals surface area (Å²) in [5.41, 5.74) is 30.2. The van der Waals surface area contributed by atoms with Crippen LogP contribution in [0.25, 0.3) is 0 Å². The molecule has 13 atom stereocenters. The molecule has 2 rings (SSSR count). The molecule has 25 nitrogen and oxygen atoms in total. The average Bonchev–Trinajstić information content (AvgIpc) is 3.67. The van der Waals surface area contributed by atoms with Crippen LogP contribution < -0.4 is 65.9 Å². The van der Waals surface area contributed by atoms with Gasteiger partial charge in [0.15, 0.2) is 23.1 Å². The highest BCUT2D eigenvalue weighted by atomic mass is 16.3. The number of unbranched alkanes of at least 4 members (excludes halogenated alkanes) is 1. The van der Waals surface area contributed by atoms with E-state index in [2.05, 4.69) is 51.1 Å². The predicted molar refractivity (Wildman–Crippen MR) is 321 cm³/mol. The maximum atomic E-state index is 14.7. The van der Waals surface area contributed by atoms with Gasteiger partial charge < -0.3 is 76.1 Å². The zero-order chi connectivity index (χ0) is 63.8. The molecular weight excluding hydrogens is 1100 g/mol. The van der Waals surface area contributed by atoms with E-state index in [1.54, 1.807) is 30.3 Å². The van der Waals surface area contributed by atoms with E-state index in [1.165, 1.54) is 13.8 Å². The van der Waals surface area contributed by atoms with Crippen LogP contribution in [0.15, 0.2) is 30.3 Å². The van der Waals surface area contributed by atoms with E-state index in [0.717, 1.165) is 19.3 Å². The number of amides is 7. The number of carbonyl (C=O) groups is 11. The first kappa shape index (κ1) is 75.0. The number of aliphatic hydroxyl groups is 2. The highest BCUT2D eigenvalue weighted by Gasteiger charge is 2.38. The van der Waals surface area contributed by atoms with Gasteiger partial charge in [0.05, 0.1) is 48.2 Å². The zero-order valence-corrected chi connectivity index (χ0v) is 51.0. The van der Waals surface area contributed by atoms with E-state index in [1.807, 2.05) is 13.8 Å². The molecule has 0 radical (unpaired) electrons. The van der Waals surface area contributed by atoms with Gasteiger partial charge in [0.25, 0.3) is 0 Å². The number of hydrogen-bond donors (Lipinski definition) is 14. The fourth-order valence-electron chi connectivity index (χ4n) is 10.1. The SMILES string of the molecule is CC[C@H](C)CCCCC(=O)N[C@@H](CCN)C(=O)C[C@H](C(=O)N[C@@H](CCN)C(=O)C[C@H]1CCNC(=O)[C@H]([C@@H](C)O)CC(=O)[C@H](CCN)NC(=O)[C@H](CCN)NC(=O)[C@H](CC(C)C)NC(=O)[C@@H](Cc2ccccc2)CC(=O)[C@H](CCN)NC1=O)[C@@H](C)O. The molecule has 1 saturated heterocycles. The lowest BCUT2D eigenvalue weighted by Crippen LogP contribution is -2.57. The first-order valence-corrected chi connectivity index (χ1v) is 30.4. The number of aliphatic hydroxyl groups excluding tert-OH is 2. The lowest BCUT2D eigenvalue weighted by Gasteiger charge is -2.28. The van der Waals surface area contributed by atoms with Crippen LogP contribution in [0.1, 0.15) is 150 Å². The molecule has 0 spiro atoms. The van der Waals surface area contributed by atoms with Crippen molar-refractivity contribution in [1.29, 1.82) is 0 Å². The second-order valence-electron chi connectivity index (χ2n) is 23.2. The topological polar surface area (TPSA) is 443 Å². The molecule has 1 fully saturated rings. The Labute approximate surface area is 501 Å². The van der Waals surface area contributed by atoms with Crippen molar-refractivity contribution in [2.75, 3.05) is 39.3 Å². The van der Waals surface area contributed by atoms with Crippen molar-refractivity contribution in [3.63, 3.8) is 0 Å². The monoisotopic (exact) mass is 1200 g/mol. The van der Waals surface area contributed by atoms with Gasteiger partial charge in [0, 0.05) is 50.5 Å². The van der Waals surface area contributed by atoms with Crippen molar-refractivity contribution in [1.82, 2.24) is 37.2 Å². The third kappa shape index (κ3) is 27.4. The largest absolute Gasteiger partial charge is 0.393 e. The summed E-state index contributed by atoms with van der Waals surface area (Å²) in [5, 5.41) is 40.5. The van der Waals surface area contributed by atoms with Crippen molar-refractivity contribution in [2.24, 2.45) is 64.2 Å². The van der Waals surface area contributed by atoms with E-state index < -0.39 is 156 Å². The molecular formula is C60H102N12O13. The molecule has 19 N–H and O–H groups in total. The Hall–Kier alpha value is -6.09. The van der Waals surface area contributed by atoms with Crippen LogP contribution in [0.5, 0.6) is 0 Å². The molecule has 1 aliphatic heterocycles. The van der Waals surface area contributed by atoms with Gasteiger partial charge >= 0.3 is 0 Å². The smallest absolute Gasteiger partial charge is 0.243 e. The minimum absolute atomic E-state index is 0.0126. The van der Waals surface area contributed by atoms with E-state index in [-0.39, 0.29) is 109 Å². The maximum Gasteiger partial charge on any atom is 0.243 e. The normalized spacial score (nSPS) is 23.2. The number of hydrogen-bond acceptors (Lipinski definition) is 18. The minimum Gasteiger partial charge on any atom is -0.393 e. The molecule has 1 heterocycles. The van der Waals surface area contributed by atoms with Crippen molar-refractivity contribution >= 4 is 64.5 Å². The Balaban J connectivity index is 2.67. The third-order valence-corrected chi connectivity index (χ3v) is 15.6. The number of rotatable bonds is 31. The highest BCUT2D eigenvalue weighted by molar-refractivity contribution is 5.99. The number of benzene rings is 1. The Bertz CT molecular complexity index is 2310. The number of Topliss-reactive ketones (excluding diaryl/α,β-unsaturated/α-hetero) is 4. The molecule has 0 aliphatic carbocycles. The quantitative estimate of drug-likeness (QED) is 0.0401. The van der Waals surface area contributed by atoms with Gasteiger partial charge in [0.1, 0.15) is 12.1 Å². The number of carbonyl (C=O) groups excluding carboxylic acids is 11. The minimum atomic E-state index is -1.43. The first-order valence-electron chi connectivity index (χ1n) is 30.4. The van der Waals surface area contributed by atoms with Gasteiger partial charge in [-0.25, -0.2) is 0 Å². The number of nitrogens with one attached hydrogen (secondary N) is 7. The van der Waals surface area contributed by atoms with Crippen molar-refractivity contribution in [3.8, 4) is 0 Å². The summed E-state index contributed by atoms with van der Waals surface area (Å²) < 4.78 is 0. The molecule has 1 aromatic carbocycles. The van der Waals surface area contributed by atoms with E-state index in [9.17, 15) is 63.0 Å². The Kier molecular flexibility index (Phi) is 35.6. The lowest BCUT2D eigenvalue weighted by molar-refractivity contribution is -0.137. The van der Waals surface area contributed by atoms with Crippen LogP contribution in [0.2, 0.25) is 0 Å². The molecule has 1 aromatic rings. The van der Waals surface area contributed by atoms with Crippen LogP contribution in [-0.2, 0) is 59.2 Å². The third-order valence-electron chi connectivity index (χ3n) is 15.6. The van der Waals surface area contributed by atoms with Gasteiger partial charge in [-0.15, -0.1) is 0 Å². The molecule has 0 unspecified atom stereocenters. The highest BCUT2D eigenvalue weighted by Crippen LogP contribution is 2.22. The predicted octanol–water partition coefficient (Wildman–Crippen LogP) is -0.882. The summed E-state index contributed by atoms with van der Waals surface area (Å²) in [6, 6.07) is 1.19. The van der Waals surface area contributed by atoms with E-state index >= 15 is 0 Å². The summed E-state index contributed by atoms with van der Waals surface area (Å²) in [7, 11) is 0. The summed E-state index contributed by atoms with van der Waals surface area (Å²) in [5.74, 6) is -12.7. The lowest BCUT2D eigenvalue weighted by atomic mass is 9.89. The molecule has 7 amide bonds. The molecule has 480 valence electrons. The second-order valence-corrected chi connectivity index (χ2v) is 23.2. The van der Waals surface area contributed by atoms with Gasteiger partial charge in [-0.2, -0.15) is 0 Å². The van der Waals surface area contributed by atoms with Gasteiger partial charge in [-0.1, -0.05) is 77.3 Å². The first-order chi connectivity index (χ1) is 40.3. The molecule has 0 aromatic heterocycles. The standard InChI is InChI=1S/C60H102N12O13/c1-7-36(4)13-11-12-16-54(79)67-44(17-23-61)52(77)34-43(38(6)74)58(83)69-46(19-25-63)50(75)31-40-22-28-66-57(82)42(37(5)73)33-53(78)47(20-26-64)70-59(84)48(21-27-65)71-60(85)49(29-35(2)3)72-56(81)41(30-39-14-9-8-10-15-39)32-51(76)45(18-24-62)68-55(40)80/h8-10,14-15,35-38,40-49,73-74H,7,11-13,16-34,61-65H2,1-6H3,(H,66,82)(H,67,79)(H,68,80)(H,69,83)(H,70,84)(H,71,85)(H,72,81)/t36-,37+,38+,40+,41-,42-,43-,44-,45-,46-,47-,48-,49-/m0/s1. The van der Waals surface area contributed by atoms with Crippen LogP contribution in [0.4, 0.5) is 0 Å². The average molecular weight is 1200 g/mol.